The lowest BCUT2D eigenvalue weighted by Crippen LogP contribution is -2.55. The summed E-state index contributed by atoms with van der Waals surface area (Å²) in [5.41, 5.74) is 2.72. The standard InChI is InChI=1S/C20H26N2O2/c23-19(13-16-10-9-15-5-1-4-8-18(15)16)21-11-12-22(20(24)14-21)17-6-2-3-7-17/h1,4-5,8,16-17H,2-3,6-7,9-14H2. The first-order chi connectivity index (χ1) is 11.7. The molecule has 1 heterocycles. The molecule has 1 unspecified atom stereocenters. The Kier molecular flexibility index (Phi) is 4.30. The maximum absolute atomic E-state index is 12.7. The van der Waals surface area contributed by atoms with E-state index in [0.717, 1.165) is 32.2 Å². The summed E-state index contributed by atoms with van der Waals surface area (Å²) in [6.07, 6.45) is 7.42. The van der Waals surface area contributed by atoms with Gasteiger partial charge in [-0.1, -0.05) is 37.1 Å². The van der Waals surface area contributed by atoms with Crippen molar-refractivity contribution in [2.75, 3.05) is 19.6 Å². The minimum atomic E-state index is 0.147. The van der Waals surface area contributed by atoms with Crippen LogP contribution in [0.15, 0.2) is 24.3 Å². The molecule has 1 saturated heterocycles. The zero-order chi connectivity index (χ0) is 16.5. The second-order valence-corrected chi connectivity index (χ2v) is 7.48. The lowest BCUT2D eigenvalue weighted by molar-refractivity contribution is -0.147. The van der Waals surface area contributed by atoms with Gasteiger partial charge in [0.2, 0.25) is 11.8 Å². The molecule has 4 heteroatoms. The average molecular weight is 326 g/mol. The van der Waals surface area contributed by atoms with Gasteiger partial charge in [0.05, 0.1) is 6.54 Å². The van der Waals surface area contributed by atoms with Crippen LogP contribution in [0.25, 0.3) is 0 Å². The number of piperazine rings is 1. The molecule has 2 amide bonds. The Labute approximate surface area is 143 Å². The van der Waals surface area contributed by atoms with E-state index in [0.29, 0.717) is 24.9 Å². The van der Waals surface area contributed by atoms with E-state index >= 15 is 0 Å². The first-order valence-corrected chi connectivity index (χ1v) is 9.37. The Morgan fingerprint density at radius 1 is 1.08 bits per heavy atom. The molecule has 0 spiro atoms. The van der Waals surface area contributed by atoms with Gasteiger partial charge in [0, 0.05) is 25.6 Å². The molecule has 0 N–H and O–H groups in total. The van der Waals surface area contributed by atoms with Gasteiger partial charge in [-0.25, -0.2) is 0 Å². The number of nitrogens with zero attached hydrogens (tertiary/aromatic N) is 2. The first-order valence-electron chi connectivity index (χ1n) is 9.37. The number of fused-ring (bicyclic) bond motifs is 1. The van der Waals surface area contributed by atoms with E-state index in [2.05, 4.69) is 24.3 Å². The number of amides is 2. The predicted octanol–water partition coefficient (Wildman–Crippen LogP) is 2.72. The quantitative estimate of drug-likeness (QED) is 0.857. The molecule has 4 nitrogen and oxygen atoms in total. The maximum Gasteiger partial charge on any atom is 0.242 e. The molecule has 1 atom stereocenters. The van der Waals surface area contributed by atoms with E-state index in [1.807, 2.05) is 4.90 Å². The van der Waals surface area contributed by atoms with Crippen molar-refractivity contribution in [1.29, 1.82) is 0 Å². The Morgan fingerprint density at radius 3 is 2.67 bits per heavy atom. The minimum Gasteiger partial charge on any atom is -0.336 e. The summed E-state index contributed by atoms with van der Waals surface area (Å²) in [4.78, 5) is 29.0. The SMILES string of the molecule is O=C(CC1CCc2ccccc21)N1CCN(C2CCCC2)C(=O)C1. The summed E-state index contributed by atoms with van der Waals surface area (Å²) in [7, 11) is 0. The third-order valence-electron chi connectivity index (χ3n) is 6.05. The lowest BCUT2D eigenvalue weighted by atomic mass is 9.97. The van der Waals surface area contributed by atoms with Crippen LogP contribution in [0.1, 0.15) is 55.6 Å². The van der Waals surface area contributed by atoms with E-state index in [-0.39, 0.29) is 18.4 Å². The van der Waals surface area contributed by atoms with Gasteiger partial charge in [0.25, 0.3) is 0 Å². The second kappa shape index (κ2) is 6.58. The van der Waals surface area contributed by atoms with Crippen LogP contribution < -0.4 is 0 Å². The van der Waals surface area contributed by atoms with Crippen LogP contribution in [-0.4, -0.2) is 47.3 Å². The molecule has 128 valence electrons. The molecule has 3 aliphatic rings. The van der Waals surface area contributed by atoms with E-state index in [9.17, 15) is 9.59 Å². The summed E-state index contributed by atoms with van der Waals surface area (Å²) >= 11 is 0. The van der Waals surface area contributed by atoms with Gasteiger partial charge < -0.3 is 9.80 Å². The minimum absolute atomic E-state index is 0.147. The van der Waals surface area contributed by atoms with Gasteiger partial charge in [-0.05, 0) is 42.7 Å². The molecule has 1 saturated carbocycles. The molecular weight excluding hydrogens is 300 g/mol. The topological polar surface area (TPSA) is 40.6 Å². The molecule has 24 heavy (non-hydrogen) atoms. The zero-order valence-corrected chi connectivity index (χ0v) is 14.2. The van der Waals surface area contributed by atoms with E-state index < -0.39 is 0 Å². The van der Waals surface area contributed by atoms with Crippen molar-refractivity contribution in [1.82, 2.24) is 9.80 Å². The molecule has 1 aromatic carbocycles. The van der Waals surface area contributed by atoms with Crippen LogP contribution in [0, 0.1) is 0 Å². The summed E-state index contributed by atoms with van der Waals surface area (Å²) in [5, 5.41) is 0. The number of carbonyl (C=O) groups excluding carboxylic acids is 2. The highest BCUT2D eigenvalue weighted by molar-refractivity contribution is 5.86. The molecule has 1 aliphatic heterocycles. The van der Waals surface area contributed by atoms with Crippen molar-refractivity contribution in [2.24, 2.45) is 0 Å². The Bertz CT molecular complexity index is 636. The Balaban J connectivity index is 1.35. The normalized spacial score (nSPS) is 24.5. The molecule has 1 aromatic rings. The zero-order valence-electron chi connectivity index (χ0n) is 14.2. The highest BCUT2D eigenvalue weighted by atomic mass is 16.2. The van der Waals surface area contributed by atoms with Gasteiger partial charge in [0.15, 0.2) is 0 Å². The predicted molar refractivity (Wildman–Crippen MR) is 92.7 cm³/mol. The number of hydrogen-bond donors (Lipinski definition) is 0. The smallest absolute Gasteiger partial charge is 0.242 e. The van der Waals surface area contributed by atoms with Crippen molar-refractivity contribution in [3.05, 3.63) is 35.4 Å². The molecular formula is C20H26N2O2. The van der Waals surface area contributed by atoms with Gasteiger partial charge in [-0.3, -0.25) is 9.59 Å². The molecule has 2 fully saturated rings. The van der Waals surface area contributed by atoms with Crippen molar-refractivity contribution in [3.8, 4) is 0 Å². The molecule has 0 bridgehead atoms. The van der Waals surface area contributed by atoms with Crippen molar-refractivity contribution >= 4 is 11.8 Å². The average Bonchev–Trinajstić information content (AvgIpc) is 3.25. The van der Waals surface area contributed by atoms with Crippen LogP contribution in [0.3, 0.4) is 0 Å². The van der Waals surface area contributed by atoms with Crippen LogP contribution in [0.4, 0.5) is 0 Å². The lowest BCUT2D eigenvalue weighted by Gasteiger charge is -2.38. The molecule has 0 radical (unpaired) electrons. The monoisotopic (exact) mass is 326 g/mol. The number of carbonyl (C=O) groups is 2. The molecule has 2 aliphatic carbocycles. The van der Waals surface area contributed by atoms with Crippen molar-refractivity contribution in [2.45, 2.75) is 56.9 Å². The van der Waals surface area contributed by atoms with Gasteiger partial charge in [-0.15, -0.1) is 0 Å². The van der Waals surface area contributed by atoms with Crippen LogP contribution in [0.2, 0.25) is 0 Å². The highest BCUT2D eigenvalue weighted by Gasteiger charge is 2.34. The first kappa shape index (κ1) is 15.7. The summed E-state index contributed by atoms with van der Waals surface area (Å²) in [5.74, 6) is 0.626. The third-order valence-corrected chi connectivity index (χ3v) is 6.05. The summed E-state index contributed by atoms with van der Waals surface area (Å²) in [6, 6.07) is 8.89. The number of rotatable bonds is 3. The van der Waals surface area contributed by atoms with Crippen LogP contribution >= 0.6 is 0 Å². The van der Waals surface area contributed by atoms with E-state index in [1.54, 1.807) is 4.90 Å². The fourth-order valence-electron chi connectivity index (χ4n) is 4.70. The molecule has 0 aromatic heterocycles. The number of hydrogen-bond acceptors (Lipinski definition) is 2. The van der Waals surface area contributed by atoms with E-state index in [1.165, 1.54) is 24.0 Å². The second-order valence-electron chi connectivity index (χ2n) is 7.48. The Morgan fingerprint density at radius 2 is 1.88 bits per heavy atom. The maximum atomic E-state index is 12.7. The summed E-state index contributed by atoms with van der Waals surface area (Å²) in [6.45, 7) is 1.70. The van der Waals surface area contributed by atoms with Gasteiger partial charge in [0.1, 0.15) is 0 Å². The largest absolute Gasteiger partial charge is 0.336 e. The summed E-state index contributed by atoms with van der Waals surface area (Å²) < 4.78 is 0. The number of aryl methyl sites for hydroxylation is 1. The van der Waals surface area contributed by atoms with Crippen LogP contribution in [0.5, 0.6) is 0 Å². The van der Waals surface area contributed by atoms with Crippen molar-refractivity contribution < 1.29 is 9.59 Å². The molecule has 4 rings (SSSR count). The van der Waals surface area contributed by atoms with Gasteiger partial charge in [-0.2, -0.15) is 0 Å². The fourth-order valence-corrected chi connectivity index (χ4v) is 4.70. The fraction of sp³-hybridized carbons (Fsp3) is 0.600. The van der Waals surface area contributed by atoms with Gasteiger partial charge >= 0.3 is 0 Å². The number of benzene rings is 1. The van der Waals surface area contributed by atoms with Crippen molar-refractivity contribution in [3.63, 3.8) is 0 Å². The highest BCUT2D eigenvalue weighted by Crippen LogP contribution is 2.35. The third kappa shape index (κ3) is 2.94. The van der Waals surface area contributed by atoms with E-state index in [4.69, 9.17) is 0 Å². The van der Waals surface area contributed by atoms with Crippen LogP contribution in [-0.2, 0) is 16.0 Å². The Hall–Kier alpha value is -1.84.